The number of hydrogen-bond donors (Lipinski definition) is 0. The molecule has 0 N–H and O–H groups in total. The third-order valence-electron chi connectivity index (χ3n) is 7.60. The molecule has 0 aliphatic carbocycles. The minimum atomic E-state index is -0.209. The van der Waals surface area contributed by atoms with Gasteiger partial charge in [-0.25, -0.2) is 0 Å². The second-order valence-corrected chi connectivity index (χ2v) is 11.5. The van der Waals surface area contributed by atoms with Crippen LogP contribution in [-0.2, 0) is 11.2 Å². The minimum Gasteiger partial charge on any atom is -0.491 e. The number of thiophene rings is 1. The summed E-state index contributed by atoms with van der Waals surface area (Å²) in [5.74, 6) is 2.01. The summed E-state index contributed by atoms with van der Waals surface area (Å²) in [7, 11) is 0. The van der Waals surface area contributed by atoms with Crippen LogP contribution < -0.4 is 14.2 Å². The van der Waals surface area contributed by atoms with Gasteiger partial charge in [0.15, 0.2) is 11.5 Å². The Morgan fingerprint density at radius 1 is 1.13 bits per heavy atom. The molecular formula is C31H36N2O5S. The molecular weight excluding hydrogens is 512 g/mol. The first-order chi connectivity index (χ1) is 18.8. The zero-order chi connectivity index (χ0) is 27.5. The molecule has 2 aromatic carbocycles. The van der Waals surface area contributed by atoms with E-state index in [0.717, 1.165) is 29.7 Å². The van der Waals surface area contributed by atoms with E-state index in [4.69, 9.17) is 14.2 Å². The fourth-order valence-electron chi connectivity index (χ4n) is 5.20. The van der Waals surface area contributed by atoms with Gasteiger partial charge < -0.3 is 24.0 Å². The third kappa shape index (κ3) is 5.91. The summed E-state index contributed by atoms with van der Waals surface area (Å²) >= 11 is 1.73. The van der Waals surface area contributed by atoms with Crippen LogP contribution in [-0.4, -0.2) is 54.6 Å². The van der Waals surface area contributed by atoms with Gasteiger partial charge >= 0.3 is 0 Å². The fourth-order valence-corrected chi connectivity index (χ4v) is 6.12. The van der Waals surface area contributed by atoms with Crippen LogP contribution in [0.25, 0.3) is 0 Å². The summed E-state index contributed by atoms with van der Waals surface area (Å²) in [4.78, 5) is 32.4. The SMILES string of the molecule is CCC(C)CN(CC(=O)N1CCc2sccc2C1COc1ccc(C)cc1C)C(=O)c1ccc2c(c1)OCO2. The second kappa shape index (κ2) is 11.7. The zero-order valence-electron chi connectivity index (χ0n) is 23.1. The van der Waals surface area contributed by atoms with E-state index in [9.17, 15) is 9.59 Å². The number of hydrogen-bond acceptors (Lipinski definition) is 6. The Labute approximate surface area is 234 Å². The maximum Gasteiger partial charge on any atom is 0.254 e. The minimum absolute atomic E-state index is 0.0111. The van der Waals surface area contributed by atoms with E-state index in [1.54, 1.807) is 34.4 Å². The van der Waals surface area contributed by atoms with E-state index in [1.165, 1.54) is 10.4 Å². The van der Waals surface area contributed by atoms with Gasteiger partial charge in [-0.1, -0.05) is 38.0 Å². The van der Waals surface area contributed by atoms with Crippen LogP contribution in [0.15, 0.2) is 47.8 Å². The summed E-state index contributed by atoms with van der Waals surface area (Å²) in [5, 5.41) is 2.08. The predicted octanol–water partition coefficient (Wildman–Crippen LogP) is 5.79. The lowest BCUT2D eigenvalue weighted by Crippen LogP contribution is -2.48. The number of fused-ring (bicyclic) bond motifs is 2. The number of nitrogens with zero attached hydrogens (tertiary/aromatic N) is 2. The first kappa shape index (κ1) is 27.1. The van der Waals surface area contributed by atoms with E-state index in [1.807, 2.05) is 24.0 Å². The van der Waals surface area contributed by atoms with Gasteiger partial charge in [0, 0.05) is 23.5 Å². The standard InChI is InChI=1S/C31H36N2O5S/c1-5-20(2)16-32(31(35)23-7-9-27-28(15-23)38-19-37-27)17-30(34)33-12-10-29-24(11-13-39-29)25(33)18-36-26-8-6-21(3)14-22(26)4/h6-9,11,13-15,20,25H,5,10,12,16-19H2,1-4H3. The molecule has 0 spiro atoms. The quantitative estimate of drug-likeness (QED) is 0.339. The molecule has 7 nitrogen and oxygen atoms in total. The number of ether oxygens (including phenoxy) is 3. The lowest BCUT2D eigenvalue weighted by Gasteiger charge is -2.37. The molecule has 1 aromatic heterocycles. The van der Waals surface area contributed by atoms with Crippen LogP contribution in [0.1, 0.15) is 58.2 Å². The zero-order valence-corrected chi connectivity index (χ0v) is 23.9. The van der Waals surface area contributed by atoms with Gasteiger partial charge in [-0.3, -0.25) is 9.59 Å². The van der Waals surface area contributed by atoms with Crippen molar-refractivity contribution in [2.24, 2.45) is 5.92 Å². The summed E-state index contributed by atoms with van der Waals surface area (Å²) < 4.78 is 17.2. The largest absolute Gasteiger partial charge is 0.491 e. The Bertz CT molecular complexity index is 1350. The van der Waals surface area contributed by atoms with Crippen molar-refractivity contribution in [3.63, 3.8) is 0 Å². The number of rotatable bonds is 9. The van der Waals surface area contributed by atoms with Crippen molar-refractivity contribution in [3.05, 3.63) is 75.0 Å². The molecule has 2 amide bonds. The predicted molar refractivity (Wildman–Crippen MR) is 152 cm³/mol. The second-order valence-electron chi connectivity index (χ2n) is 10.5. The Morgan fingerprint density at radius 3 is 2.74 bits per heavy atom. The maximum atomic E-state index is 13.9. The lowest BCUT2D eigenvalue weighted by atomic mass is 10.00. The average Bonchev–Trinajstić information content (AvgIpc) is 3.60. The first-order valence-electron chi connectivity index (χ1n) is 13.6. The highest BCUT2D eigenvalue weighted by molar-refractivity contribution is 7.10. The highest BCUT2D eigenvalue weighted by Crippen LogP contribution is 2.35. The normalized spacial score (nSPS) is 16.5. The monoisotopic (exact) mass is 548 g/mol. The molecule has 3 aromatic rings. The summed E-state index contributed by atoms with van der Waals surface area (Å²) in [5.41, 5.74) is 3.88. The summed E-state index contributed by atoms with van der Waals surface area (Å²) in [6.07, 6.45) is 1.72. The number of aryl methyl sites for hydroxylation is 2. The molecule has 5 rings (SSSR count). The van der Waals surface area contributed by atoms with E-state index in [-0.39, 0.29) is 37.1 Å². The van der Waals surface area contributed by atoms with Crippen LogP contribution in [0, 0.1) is 19.8 Å². The molecule has 39 heavy (non-hydrogen) atoms. The number of benzene rings is 2. The Morgan fingerprint density at radius 2 is 1.95 bits per heavy atom. The smallest absolute Gasteiger partial charge is 0.254 e. The molecule has 0 fully saturated rings. The fraction of sp³-hybridized carbons (Fsp3) is 0.419. The van der Waals surface area contributed by atoms with Crippen molar-refractivity contribution in [3.8, 4) is 17.2 Å². The summed E-state index contributed by atoms with van der Waals surface area (Å²) in [6.45, 7) is 9.91. The van der Waals surface area contributed by atoms with Crippen LogP contribution in [0.2, 0.25) is 0 Å². The maximum absolute atomic E-state index is 13.9. The van der Waals surface area contributed by atoms with Gasteiger partial charge in [0.05, 0.1) is 6.04 Å². The highest BCUT2D eigenvalue weighted by Gasteiger charge is 2.34. The molecule has 0 bridgehead atoms. The van der Waals surface area contributed by atoms with Crippen molar-refractivity contribution in [1.29, 1.82) is 0 Å². The summed E-state index contributed by atoms with van der Waals surface area (Å²) in [6, 6.07) is 13.2. The van der Waals surface area contributed by atoms with Crippen molar-refractivity contribution < 1.29 is 23.8 Å². The van der Waals surface area contributed by atoms with E-state index < -0.39 is 0 Å². The molecule has 206 valence electrons. The Hall–Kier alpha value is -3.52. The Balaban J connectivity index is 1.36. The molecule has 0 saturated heterocycles. The van der Waals surface area contributed by atoms with Gasteiger partial charge in [-0.05, 0) is 73.0 Å². The topological polar surface area (TPSA) is 68.3 Å². The molecule has 8 heteroatoms. The van der Waals surface area contributed by atoms with Crippen LogP contribution >= 0.6 is 11.3 Å². The average molecular weight is 549 g/mol. The van der Waals surface area contributed by atoms with Crippen LogP contribution in [0.5, 0.6) is 17.2 Å². The molecule has 2 unspecified atom stereocenters. The van der Waals surface area contributed by atoms with Gasteiger partial charge in [-0.15, -0.1) is 11.3 Å². The number of carbonyl (C=O) groups is 2. The lowest BCUT2D eigenvalue weighted by molar-refractivity contribution is -0.135. The molecule has 3 heterocycles. The van der Waals surface area contributed by atoms with Crippen LogP contribution in [0.3, 0.4) is 0 Å². The molecule has 2 aliphatic heterocycles. The van der Waals surface area contributed by atoms with Crippen molar-refractivity contribution >= 4 is 23.2 Å². The van der Waals surface area contributed by atoms with Crippen molar-refractivity contribution in [2.45, 2.75) is 46.6 Å². The highest BCUT2D eigenvalue weighted by atomic mass is 32.1. The molecule has 2 aliphatic rings. The molecule has 0 saturated carbocycles. The Kier molecular flexibility index (Phi) is 8.12. The van der Waals surface area contributed by atoms with Crippen molar-refractivity contribution in [2.75, 3.05) is 33.0 Å². The van der Waals surface area contributed by atoms with Gasteiger partial charge in [0.25, 0.3) is 5.91 Å². The van der Waals surface area contributed by atoms with Gasteiger partial charge in [0.2, 0.25) is 12.7 Å². The molecule has 2 atom stereocenters. The third-order valence-corrected chi connectivity index (χ3v) is 8.60. The number of amides is 2. The van der Waals surface area contributed by atoms with Gasteiger partial charge in [-0.2, -0.15) is 0 Å². The number of carbonyl (C=O) groups excluding carboxylic acids is 2. The van der Waals surface area contributed by atoms with E-state index in [0.29, 0.717) is 36.8 Å². The first-order valence-corrected chi connectivity index (χ1v) is 14.5. The van der Waals surface area contributed by atoms with Crippen LogP contribution in [0.4, 0.5) is 0 Å². The van der Waals surface area contributed by atoms with E-state index >= 15 is 0 Å². The van der Waals surface area contributed by atoms with E-state index in [2.05, 4.69) is 38.3 Å². The van der Waals surface area contributed by atoms with Gasteiger partial charge in [0.1, 0.15) is 18.9 Å². The van der Waals surface area contributed by atoms with Crippen molar-refractivity contribution in [1.82, 2.24) is 9.80 Å². The molecule has 0 radical (unpaired) electrons.